The number of hydrogen-bond acceptors (Lipinski definition) is 4. The van der Waals surface area contributed by atoms with Crippen LogP contribution >= 0.6 is 0 Å². The molecule has 5 nitrogen and oxygen atoms in total. The summed E-state index contributed by atoms with van der Waals surface area (Å²) < 4.78 is 4.95. The van der Waals surface area contributed by atoms with Gasteiger partial charge in [-0.1, -0.05) is 26.0 Å². The van der Waals surface area contributed by atoms with Crippen LogP contribution in [0.15, 0.2) is 18.2 Å². The third-order valence-electron chi connectivity index (χ3n) is 2.55. The zero-order chi connectivity index (χ0) is 14.4. The van der Waals surface area contributed by atoms with Gasteiger partial charge in [0.05, 0.1) is 5.56 Å². The maximum absolute atomic E-state index is 11.8. The molecule has 3 N–H and O–H groups in total. The van der Waals surface area contributed by atoms with Crippen molar-refractivity contribution >= 4 is 17.6 Å². The van der Waals surface area contributed by atoms with Crippen molar-refractivity contribution in [1.29, 1.82) is 0 Å². The molecule has 0 aliphatic heterocycles. The zero-order valence-electron chi connectivity index (χ0n) is 11.5. The van der Waals surface area contributed by atoms with E-state index in [0.717, 1.165) is 5.56 Å². The Bertz CT molecular complexity index is 450. The Morgan fingerprint density at radius 2 is 2.05 bits per heavy atom. The van der Waals surface area contributed by atoms with E-state index in [9.17, 15) is 9.59 Å². The number of aryl methyl sites for hydroxylation is 1. The zero-order valence-corrected chi connectivity index (χ0v) is 11.5. The standard InChI is InChI=1S/C14H20N2O3/c1-9(2)7-16-12(17)8-19-14(18)13-10(3)5-4-6-11(13)15/h4-6,9H,7-8,15H2,1-3H3,(H,16,17). The van der Waals surface area contributed by atoms with E-state index in [-0.39, 0.29) is 12.5 Å². The number of carbonyl (C=O) groups is 2. The van der Waals surface area contributed by atoms with Crippen LogP contribution in [0.5, 0.6) is 0 Å². The van der Waals surface area contributed by atoms with Gasteiger partial charge in [0.1, 0.15) is 0 Å². The predicted molar refractivity (Wildman–Crippen MR) is 73.7 cm³/mol. The van der Waals surface area contributed by atoms with Crippen molar-refractivity contribution in [3.8, 4) is 0 Å². The van der Waals surface area contributed by atoms with E-state index in [0.29, 0.717) is 23.7 Å². The minimum Gasteiger partial charge on any atom is -0.452 e. The van der Waals surface area contributed by atoms with Crippen LogP contribution in [0.1, 0.15) is 29.8 Å². The van der Waals surface area contributed by atoms with Crippen molar-refractivity contribution in [1.82, 2.24) is 5.32 Å². The summed E-state index contributed by atoms with van der Waals surface area (Å²) in [5.74, 6) is -0.531. The molecule has 0 unspecified atom stereocenters. The van der Waals surface area contributed by atoms with E-state index in [1.54, 1.807) is 25.1 Å². The highest BCUT2D eigenvalue weighted by molar-refractivity contribution is 5.97. The number of benzene rings is 1. The molecule has 19 heavy (non-hydrogen) atoms. The summed E-state index contributed by atoms with van der Waals surface area (Å²) in [6, 6.07) is 5.16. The van der Waals surface area contributed by atoms with Crippen molar-refractivity contribution in [3.05, 3.63) is 29.3 Å². The van der Waals surface area contributed by atoms with E-state index < -0.39 is 5.97 Å². The van der Waals surface area contributed by atoms with Crippen LogP contribution in [0.3, 0.4) is 0 Å². The van der Waals surface area contributed by atoms with Crippen LogP contribution in [-0.4, -0.2) is 25.0 Å². The highest BCUT2D eigenvalue weighted by atomic mass is 16.5. The molecule has 1 rings (SSSR count). The number of ether oxygens (including phenoxy) is 1. The molecule has 0 spiro atoms. The van der Waals surface area contributed by atoms with Crippen LogP contribution < -0.4 is 11.1 Å². The van der Waals surface area contributed by atoms with Gasteiger partial charge in [-0.15, -0.1) is 0 Å². The SMILES string of the molecule is Cc1cccc(N)c1C(=O)OCC(=O)NCC(C)C. The molecule has 1 aromatic carbocycles. The first kappa shape index (κ1) is 15.0. The molecule has 5 heteroatoms. The van der Waals surface area contributed by atoms with Gasteiger partial charge in [-0.25, -0.2) is 4.79 Å². The number of anilines is 1. The minimum atomic E-state index is -0.574. The summed E-state index contributed by atoms with van der Waals surface area (Å²) in [6.07, 6.45) is 0. The fourth-order valence-corrected chi connectivity index (χ4v) is 1.54. The molecule has 0 heterocycles. The van der Waals surface area contributed by atoms with Crippen LogP contribution in [0.2, 0.25) is 0 Å². The smallest absolute Gasteiger partial charge is 0.341 e. The fraction of sp³-hybridized carbons (Fsp3) is 0.429. The summed E-state index contributed by atoms with van der Waals surface area (Å²) in [5, 5.41) is 2.67. The highest BCUT2D eigenvalue weighted by Crippen LogP contribution is 2.17. The van der Waals surface area contributed by atoms with Crippen molar-refractivity contribution < 1.29 is 14.3 Å². The molecule has 0 radical (unpaired) electrons. The van der Waals surface area contributed by atoms with Gasteiger partial charge >= 0.3 is 5.97 Å². The maximum atomic E-state index is 11.8. The Hall–Kier alpha value is -2.04. The highest BCUT2D eigenvalue weighted by Gasteiger charge is 2.15. The van der Waals surface area contributed by atoms with Gasteiger partial charge in [-0.2, -0.15) is 0 Å². The lowest BCUT2D eigenvalue weighted by Crippen LogP contribution is -2.31. The lowest BCUT2D eigenvalue weighted by Gasteiger charge is -2.10. The molecule has 104 valence electrons. The summed E-state index contributed by atoms with van der Waals surface area (Å²) in [7, 11) is 0. The minimum absolute atomic E-state index is 0.292. The molecule has 1 aromatic rings. The average Bonchev–Trinajstić information content (AvgIpc) is 2.33. The summed E-state index contributed by atoms with van der Waals surface area (Å²) in [5.41, 5.74) is 7.13. The van der Waals surface area contributed by atoms with Crippen LogP contribution in [-0.2, 0) is 9.53 Å². The van der Waals surface area contributed by atoms with Crippen LogP contribution in [0.25, 0.3) is 0 Å². The monoisotopic (exact) mass is 264 g/mol. The predicted octanol–water partition coefficient (Wildman–Crippen LogP) is 1.51. The molecule has 0 fully saturated rings. The first-order chi connectivity index (χ1) is 8.91. The number of rotatable bonds is 5. The normalized spacial score (nSPS) is 10.3. The summed E-state index contributed by atoms with van der Waals surface area (Å²) >= 11 is 0. The van der Waals surface area contributed by atoms with Crippen molar-refractivity contribution in [2.24, 2.45) is 5.92 Å². The van der Waals surface area contributed by atoms with Gasteiger partial charge in [0.25, 0.3) is 5.91 Å². The van der Waals surface area contributed by atoms with Gasteiger partial charge in [0, 0.05) is 12.2 Å². The van der Waals surface area contributed by atoms with Gasteiger partial charge in [-0.05, 0) is 24.5 Å². The maximum Gasteiger partial charge on any atom is 0.341 e. The number of amides is 1. The Labute approximate surface area is 113 Å². The first-order valence-electron chi connectivity index (χ1n) is 6.20. The van der Waals surface area contributed by atoms with E-state index in [1.807, 2.05) is 13.8 Å². The van der Waals surface area contributed by atoms with Crippen LogP contribution in [0, 0.1) is 12.8 Å². The van der Waals surface area contributed by atoms with Gasteiger partial charge < -0.3 is 15.8 Å². The molecule has 0 saturated carbocycles. The second-order valence-electron chi connectivity index (χ2n) is 4.81. The molecular formula is C14H20N2O3. The Morgan fingerprint density at radius 3 is 2.63 bits per heavy atom. The van der Waals surface area contributed by atoms with Crippen molar-refractivity contribution in [2.75, 3.05) is 18.9 Å². The van der Waals surface area contributed by atoms with Gasteiger partial charge in [0.15, 0.2) is 6.61 Å². The Kier molecular flexibility index (Phi) is 5.36. The lowest BCUT2D eigenvalue weighted by molar-refractivity contribution is -0.124. The molecular weight excluding hydrogens is 244 g/mol. The molecule has 0 bridgehead atoms. The topological polar surface area (TPSA) is 81.4 Å². The molecule has 0 aromatic heterocycles. The number of nitrogens with one attached hydrogen (secondary N) is 1. The van der Waals surface area contributed by atoms with E-state index in [4.69, 9.17) is 10.5 Å². The number of hydrogen-bond donors (Lipinski definition) is 2. The van der Waals surface area contributed by atoms with Crippen LogP contribution in [0.4, 0.5) is 5.69 Å². The number of nitrogen functional groups attached to an aromatic ring is 1. The second kappa shape index (κ2) is 6.78. The van der Waals surface area contributed by atoms with Gasteiger partial charge in [-0.3, -0.25) is 4.79 Å². The Balaban J connectivity index is 2.54. The quantitative estimate of drug-likeness (QED) is 0.624. The number of carbonyl (C=O) groups excluding carboxylic acids is 2. The molecule has 0 atom stereocenters. The number of nitrogens with two attached hydrogens (primary N) is 1. The number of esters is 1. The average molecular weight is 264 g/mol. The first-order valence-corrected chi connectivity index (χ1v) is 6.20. The van der Waals surface area contributed by atoms with E-state index >= 15 is 0 Å². The van der Waals surface area contributed by atoms with Crippen molar-refractivity contribution in [3.63, 3.8) is 0 Å². The molecule has 0 aliphatic rings. The van der Waals surface area contributed by atoms with Gasteiger partial charge in [0.2, 0.25) is 0 Å². The molecule has 0 aliphatic carbocycles. The molecule has 0 saturated heterocycles. The van der Waals surface area contributed by atoms with E-state index in [2.05, 4.69) is 5.32 Å². The lowest BCUT2D eigenvalue weighted by atomic mass is 10.1. The fourth-order valence-electron chi connectivity index (χ4n) is 1.54. The van der Waals surface area contributed by atoms with E-state index in [1.165, 1.54) is 0 Å². The largest absolute Gasteiger partial charge is 0.452 e. The second-order valence-corrected chi connectivity index (χ2v) is 4.81. The third kappa shape index (κ3) is 4.62. The summed E-state index contributed by atoms with van der Waals surface area (Å²) in [6.45, 7) is 6.01. The van der Waals surface area contributed by atoms with Crippen molar-refractivity contribution in [2.45, 2.75) is 20.8 Å². The Morgan fingerprint density at radius 1 is 1.37 bits per heavy atom. The third-order valence-corrected chi connectivity index (χ3v) is 2.55. The summed E-state index contributed by atoms with van der Waals surface area (Å²) in [4.78, 5) is 23.3. The molecule has 1 amide bonds.